The summed E-state index contributed by atoms with van der Waals surface area (Å²) in [5.41, 5.74) is 1.66. The van der Waals surface area contributed by atoms with Crippen LogP contribution in [-0.2, 0) is 22.4 Å². The third-order valence-corrected chi connectivity index (χ3v) is 3.95. The van der Waals surface area contributed by atoms with Crippen LogP contribution in [0.4, 0.5) is 15.6 Å². The van der Waals surface area contributed by atoms with Gasteiger partial charge >= 0.3 is 6.09 Å². The van der Waals surface area contributed by atoms with Gasteiger partial charge in [0.1, 0.15) is 5.60 Å². The van der Waals surface area contributed by atoms with Gasteiger partial charge in [-0.2, -0.15) is 0 Å². The Morgan fingerprint density at radius 3 is 2.50 bits per heavy atom. The molecule has 0 aliphatic heterocycles. The number of anilines is 2. The van der Waals surface area contributed by atoms with E-state index >= 15 is 0 Å². The van der Waals surface area contributed by atoms with Crippen molar-refractivity contribution >= 4 is 34.2 Å². The summed E-state index contributed by atoms with van der Waals surface area (Å²) in [5.74, 6) is -0.200. The third-order valence-electron chi connectivity index (χ3n) is 3.14. The van der Waals surface area contributed by atoms with E-state index in [2.05, 4.69) is 15.6 Å². The molecule has 0 atom stereocenters. The highest BCUT2D eigenvalue weighted by atomic mass is 32.1. The Balaban J connectivity index is 1.86. The van der Waals surface area contributed by atoms with Crippen molar-refractivity contribution < 1.29 is 19.4 Å². The normalized spacial score (nSPS) is 11.1. The molecule has 7 nitrogen and oxygen atoms in total. The van der Waals surface area contributed by atoms with Crippen molar-refractivity contribution in [1.82, 2.24) is 4.98 Å². The highest BCUT2D eigenvalue weighted by Gasteiger charge is 2.17. The van der Waals surface area contributed by atoms with E-state index < -0.39 is 11.7 Å². The third kappa shape index (κ3) is 6.81. The minimum atomic E-state index is -0.587. The Hall–Kier alpha value is -2.45. The van der Waals surface area contributed by atoms with Gasteiger partial charge in [-0.25, -0.2) is 9.78 Å². The molecule has 0 unspecified atom stereocenters. The molecule has 1 aromatic heterocycles. The zero-order valence-electron chi connectivity index (χ0n) is 15.0. The lowest BCUT2D eigenvalue weighted by Crippen LogP contribution is -2.27. The monoisotopic (exact) mass is 377 g/mol. The number of ether oxygens (including phenoxy) is 1. The molecule has 0 aliphatic rings. The summed E-state index contributed by atoms with van der Waals surface area (Å²) < 4.78 is 5.16. The smallest absolute Gasteiger partial charge is 0.413 e. The van der Waals surface area contributed by atoms with Crippen LogP contribution in [0.3, 0.4) is 0 Å². The SMILES string of the molecule is CC(C)(C)OC(=O)Nc1nc(CC(=O)Nc2ccc(CCO)cc2)cs1. The first kappa shape index (κ1) is 19.9. The molecule has 140 valence electrons. The average molecular weight is 377 g/mol. The van der Waals surface area contributed by atoms with Gasteiger partial charge in [0.05, 0.1) is 12.1 Å². The first-order valence-corrected chi connectivity index (χ1v) is 9.07. The van der Waals surface area contributed by atoms with E-state index in [9.17, 15) is 9.59 Å². The lowest BCUT2D eigenvalue weighted by molar-refractivity contribution is -0.115. The quantitative estimate of drug-likeness (QED) is 0.718. The molecule has 1 aromatic carbocycles. The first-order valence-electron chi connectivity index (χ1n) is 8.19. The van der Waals surface area contributed by atoms with E-state index in [1.165, 1.54) is 11.3 Å². The maximum atomic E-state index is 12.1. The molecule has 0 saturated carbocycles. The number of benzene rings is 1. The van der Waals surface area contributed by atoms with Crippen molar-refractivity contribution in [2.75, 3.05) is 17.2 Å². The lowest BCUT2D eigenvalue weighted by Gasteiger charge is -2.18. The lowest BCUT2D eigenvalue weighted by atomic mass is 10.1. The second kappa shape index (κ2) is 8.77. The fourth-order valence-corrected chi connectivity index (χ4v) is 2.79. The van der Waals surface area contributed by atoms with Crippen LogP contribution in [0.1, 0.15) is 32.0 Å². The number of aliphatic hydroxyl groups is 1. The Labute approximate surface area is 156 Å². The highest BCUT2D eigenvalue weighted by molar-refractivity contribution is 7.13. The van der Waals surface area contributed by atoms with Gasteiger partial charge in [-0.15, -0.1) is 11.3 Å². The van der Waals surface area contributed by atoms with E-state index in [1.807, 2.05) is 12.1 Å². The number of thiazole rings is 1. The molecule has 2 amide bonds. The summed E-state index contributed by atoms with van der Waals surface area (Å²) in [6.07, 6.45) is 0.108. The Bertz CT molecular complexity index is 751. The van der Waals surface area contributed by atoms with Gasteiger partial charge in [0, 0.05) is 17.7 Å². The molecule has 0 radical (unpaired) electrons. The van der Waals surface area contributed by atoms with Crippen LogP contribution in [0.25, 0.3) is 0 Å². The van der Waals surface area contributed by atoms with Crippen molar-refractivity contribution in [2.24, 2.45) is 0 Å². The minimum absolute atomic E-state index is 0.0925. The number of carbonyl (C=O) groups is 2. The van der Waals surface area contributed by atoms with Crippen LogP contribution in [0, 0.1) is 0 Å². The Morgan fingerprint density at radius 1 is 1.19 bits per heavy atom. The van der Waals surface area contributed by atoms with Gasteiger partial charge in [0.2, 0.25) is 5.91 Å². The zero-order valence-corrected chi connectivity index (χ0v) is 15.9. The molecule has 8 heteroatoms. The van der Waals surface area contributed by atoms with E-state index in [4.69, 9.17) is 9.84 Å². The summed E-state index contributed by atoms with van der Waals surface area (Å²) in [4.78, 5) is 28.0. The van der Waals surface area contributed by atoms with Crippen LogP contribution < -0.4 is 10.6 Å². The fourth-order valence-electron chi connectivity index (χ4n) is 2.09. The zero-order chi connectivity index (χ0) is 19.2. The van der Waals surface area contributed by atoms with Gasteiger partial charge in [0.25, 0.3) is 0 Å². The molecular weight excluding hydrogens is 354 g/mol. The van der Waals surface area contributed by atoms with Crippen LogP contribution >= 0.6 is 11.3 Å². The summed E-state index contributed by atoms with van der Waals surface area (Å²) in [5, 5.41) is 16.4. The standard InChI is InChI=1S/C18H23N3O4S/c1-18(2,3)25-17(24)21-16-20-14(11-26-16)10-15(23)19-13-6-4-12(5-7-13)8-9-22/h4-7,11,22H,8-10H2,1-3H3,(H,19,23)(H,20,21,24). The summed E-state index contributed by atoms with van der Waals surface area (Å²) >= 11 is 1.23. The van der Waals surface area contributed by atoms with Crippen molar-refractivity contribution in [2.45, 2.75) is 39.2 Å². The van der Waals surface area contributed by atoms with Gasteiger partial charge < -0.3 is 15.2 Å². The molecular formula is C18H23N3O4S. The average Bonchev–Trinajstić information content (AvgIpc) is 2.94. The van der Waals surface area contributed by atoms with Crippen molar-refractivity contribution in [3.8, 4) is 0 Å². The molecule has 1 heterocycles. The molecule has 3 N–H and O–H groups in total. The van der Waals surface area contributed by atoms with Gasteiger partial charge in [-0.3, -0.25) is 10.1 Å². The number of aromatic nitrogens is 1. The highest BCUT2D eigenvalue weighted by Crippen LogP contribution is 2.18. The van der Waals surface area contributed by atoms with Crippen LogP contribution in [0.15, 0.2) is 29.6 Å². The van der Waals surface area contributed by atoms with Crippen LogP contribution in [0.5, 0.6) is 0 Å². The van der Waals surface area contributed by atoms with E-state index in [0.717, 1.165) is 5.56 Å². The first-order chi connectivity index (χ1) is 12.2. The minimum Gasteiger partial charge on any atom is -0.444 e. The van der Waals surface area contributed by atoms with Gasteiger partial charge in [-0.1, -0.05) is 12.1 Å². The summed E-state index contributed by atoms with van der Waals surface area (Å²) in [6.45, 7) is 5.43. The molecule has 0 aliphatic carbocycles. The number of hydrogen-bond acceptors (Lipinski definition) is 6. The predicted molar refractivity (Wildman–Crippen MR) is 102 cm³/mol. The number of amides is 2. The fraction of sp³-hybridized carbons (Fsp3) is 0.389. The van der Waals surface area contributed by atoms with E-state index in [-0.39, 0.29) is 18.9 Å². The topological polar surface area (TPSA) is 101 Å². The molecule has 0 saturated heterocycles. The summed E-state index contributed by atoms with van der Waals surface area (Å²) in [6, 6.07) is 7.30. The molecule has 2 aromatic rings. The number of nitrogens with one attached hydrogen (secondary N) is 2. The van der Waals surface area contributed by atoms with Crippen LogP contribution in [-0.4, -0.2) is 34.3 Å². The largest absolute Gasteiger partial charge is 0.444 e. The number of hydrogen-bond donors (Lipinski definition) is 3. The number of rotatable bonds is 6. The molecule has 2 rings (SSSR count). The van der Waals surface area contributed by atoms with Crippen molar-refractivity contribution in [1.29, 1.82) is 0 Å². The van der Waals surface area contributed by atoms with E-state index in [1.54, 1.807) is 38.3 Å². The number of aliphatic hydroxyl groups excluding tert-OH is 1. The van der Waals surface area contributed by atoms with Crippen molar-refractivity contribution in [3.05, 3.63) is 40.9 Å². The maximum absolute atomic E-state index is 12.1. The van der Waals surface area contributed by atoms with E-state index in [0.29, 0.717) is 22.9 Å². The van der Waals surface area contributed by atoms with Gasteiger partial charge in [-0.05, 0) is 44.9 Å². The molecule has 0 bridgehead atoms. The Morgan fingerprint density at radius 2 is 1.88 bits per heavy atom. The summed E-state index contributed by atoms with van der Waals surface area (Å²) in [7, 11) is 0. The van der Waals surface area contributed by atoms with Crippen LogP contribution in [0.2, 0.25) is 0 Å². The van der Waals surface area contributed by atoms with Gasteiger partial charge in [0.15, 0.2) is 5.13 Å². The predicted octanol–water partition coefficient (Wildman–Crippen LogP) is 3.21. The molecule has 26 heavy (non-hydrogen) atoms. The Kier molecular flexibility index (Phi) is 6.70. The molecule has 0 fully saturated rings. The van der Waals surface area contributed by atoms with Crippen molar-refractivity contribution in [3.63, 3.8) is 0 Å². The number of nitrogens with zero attached hydrogens (tertiary/aromatic N) is 1. The second-order valence-corrected chi connectivity index (χ2v) is 7.52. The number of carbonyl (C=O) groups excluding carboxylic acids is 2. The maximum Gasteiger partial charge on any atom is 0.413 e. The molecule has 0 spiro atoms. The second-order valence-electron chi connectivity index (χ2n) is 6.67.